The number of hydrogen-bond donors (Lipinski definition) is 2. The quantitative estimate of drug-likeness (QED) is 0.853. The predicted octanol–water partition coefficient (Wildman–Crippen LogP) is 3.12. The number of rotatable bonds is 5. The van der Waals surface area contributed by atoms with Crippen molar-refractivity contribution >= 4 is 5.82 Å². The molecule has 1 aromatic heterocycles. The molecule has 1 aliphatic heterocycles. The van der Waals surface area contributed by atoms with Crippen molar-refractivity contribution in [2.75, 3.05) is 11.9 Å². The van der Waals surface area contributed by atoms with E-state index in [0.29, 0.717) is 6.04 Å². The molecule has 2 heterocycles. The lowest BCUT2D eigenvalue weighted by atomic mass is 10.0. The van der Waals surface area contributed by atoms with Crippen LogP contribution in [0.25, 0.3) is 0 Å². The SMILES string of the molecule is c1cnc(NC2CCCC2)c(CC[C@H]2CCCN2)c1. The summed E-state index contributed by atoms with van der Waals surface area (Å²) in [5.74, 6) is 1.13. The van der Waals surface area contributed by atoms with Crippen LogP contribution < -0.4 is 10.6 Å². The predicted molar refractivity (Wildman–Crippen MR) is 79.5 cm³/mol. The van der Waals surface area contributed by atoms with Crippen LogP contribution >= 0.6 is 0 Å². The summed E-state index contributed by atoms with van der Waals surface area (Å²) in [6.07, 6.45) is 12.3. The second kappa shape index (κ2) is 6.38. The van der Waals surface area contributed by atoms with Crippen molar-refractivity contribution in [3.63, 3.8) is 0 Å². The van der Waals surface area contributed by atoms with Crippen LogP contribution in [0.1, 0.15) is 50.5 Å². The highest BCUT2D eigenvalue weighted by molar-refractivity contribution is 5.44. The molecule has 3 heteroatoms. The van der Waals surface area contributed by atoms with Crippen LogP contribution in [0.3, 0.4) is 0 Å². The smallest absolute Gasteiger partial charge is 0.129 e. The van der Waals surface area contributed by atoms with E-state index in [1.807, 2.05) is 6.20 Å². The molecule has 3 nitrogen and oxygen atoms in total. The normalized spacial score (nSPS) is 23.9. The Morgan fingerprint density at radius 1 is 1.21 bits per heavy atom. The van der Waals surface area contributed by atoms with Gasteiger partial charge in [0.05, 0.1) is 0 Å². The number of pyridine rings is 1. The summed E-state index contributed by atoms with van der Waals surface area (Å²) in [6, 6.07) is 5.68. The highest BCUT2D eigenvalue weighted by Crippen LogP contribution is 2.24. The maximum absolute atomic E-state index is 4.56. The van der Waals surface area contributed by atoms with Crippen molar-refractivity contribution in [3.8, 4) is 0 Å². The highest BCUT2D eigenvalue weighted by atomic mass is 15.0. The van der Waals surface area contributed by atoms with Gasteiger partial charge in [0.2, 0.25) is 0 Å². The summed E-state index contributed by atoms with van der Waals surface area (Å²) in [6.45, 7) is 1.20. The van der Waals surface area contributed by atoms with E-state index in [9.17, 15) is 0 Å². The number of aromatic nitrogens is 1. The molecule has 1 atom stereocenters. The number of hydrogen-bond acceptors (Lipinski definition) is 3. The molecule has 2 aliphatic rings. The van der Waals surface area contributed by atoms with Gasteiger partial charge in [-0.15, -0.1) is 0 Å². The van der Waals surface area contributed by atoms with E-state index < -0.39 is 0 Å². The molecule has 0 amide bonds. The first-order chi connectivity index (χ1) is 9.42. The van der Waals surface area contributed by atoms with E-state index >= 15 is 0 Å². The number of nitrogens with one attached hydrogen (secondary N) is 2. The first-order valence-electron chi connectivity index (χ1n) is 7.85. The molecule has 3 rings (SSSR count). The lowest BCUT2D eigenvalue weighted by Gasteiger charge is -2.17. The van der Waals surface area contributed by atoms with E-state index in [-0.39, 0.29) is 0 Å². The van der Waals surface area contributed by atoms with Crippen molar-refractivity contribution in [2.45, 2.75) is 63.5 Å². The maximum Gasteiger partial charge on any atom is 0.129 e. The number of nitrogens with zero attached hydrogens (tertiary/aromatic N) is 1. The zero-order valence-corrected chi connectivity index (χ0v) is 11.7. The average molecular weight is 259 g/mol. The maximum atomic E-state index is 4.56. The van der Waals surface area contributed by atoms with Crippen molar-refractivity contribution in [3.05, 3.63) is 23.9 Å². The molecule has 2 N–H and O–H groups in total. The van der Waals surface area contributed by atoms with Gasteiger partial charge >= 0.3 is 0 Å². The number of aryl methyl sites for hydroxylation is 1. The van der Waals surface area contributed by atoms with Crippen LogP contribution in [0.2, 0.25) is 0 Å². The molecular weight excluding hydrogens is 234 g/mol. The second-order valence-corrected chi connectivity index (χ2v) is 5.97. The minimum absolute atomic E-state index is 0.651. The third kappa shape index (κ3) is 3.47. The van der Waals surface area contributed by atoms with Crippen molar-refractivity contribution < 1.29 is 0 Å². The van der Waals surface area contributed by atoms with Crippen molar-refractivity contribution in [2.24, 2.45) is 0 Å². The van der Waals surface area contributed by atoms with Gasteiger partial charge in [-0.05, 0) is 56.7 Å². The Labute approximate surface area is 116 Å². The van der Waals surface area contributed by atoms with Crippen LogP contribution in [0.5, 0.6) is 0 Å². The van der Waals surface area contributed by atoms with Gasteiger partial charge in [0.25, 0.3) is 0 Å². The summed E-state index contributed by atoms with van der Waals surface area (Å²) in [4.78, 5) is 4.56. The molecule has 1 aliphatic carbocycles. The first kappa shape index (κ1) is 12.9. The van der Waals surface area contributed by atoms with E-state index in [1.54, 1.807) is 0 Å². The van der Waals surface area contributed by atoms with Gasteiger partial charge < -0.3 is 10.6 Å². The Kier molecular flexibility index (Phi) is 4.34. The van der Waals surface area contributed by atoms with Gasteiger partial charge in [0.1, 0.15) is 5.82 Å². The van der Waals surface area contributed by atoms with Crippen LogP contribution in [0, 0.1) is 0 Å². The molecule has 0 spiro atoms. The van der Waals surface area contributed by atoms with Crippen LogP contribution in [0.15, 0.2) is 18.3 Å². The number of anilines is 1. The van der Waals surface area contributed by atoms with E-state index in [2.05, 4.69) is 27.8 Å². The zero-order chi connectivity index (χ0) is 12.9. The van der Waals surface area contributed by atoms with E-state index in [4.69, 9.17) is 0 Å². The largest absolute Gasteiger partial charge is 0.367 e. The molecule has 1 aromatic rings. The summed E-state index contributed by atoms with van der Waals surface area (Å²) in [5, 5.41) is 7.23. The van der Waals surface area contributed by atoms with Gasteiger partial charge in [-0.2, -0.15) is 0 Å². The van der Waals surface area contributed by atoms with Crippen LogP contribution in [-0.2, 0) is 6.42 Å². The third-order valence-corrected chi connectivity index (χ3v) is 4.51. The van der Waals surface area contributed by atoms with Gasteiger partial charge in [0, 0.05) is 18.3 Å². The average Bonchev–Trinajstić information content (AvgIpc) is 3.10. The molecule has 1 saturated carbocycles. The molecule has 0 bridgehead atoms. The molecule has 0 aromatic carbocycles. The second-order valence-electron chi connectivity index (χ2n) is 5.97. The van der Waals surface area contributed by atoms with Gasteiger partial charge in [0.15, 0.2) is 0 Å². The highest BCUT2D eigenvalue weighted by Gasteiger charge is 2.18. The topological polar surface area (TPSA) is 37.0 Å². The summed E-state index contributed by atoms with van der Waals surface area (Å²) >= 11 is 0. The molecule has 0 radical (unpaired) electrons. The first-order valence-corrected chi connectivity index (χ1v) is 7.85. The lowest BCUT2D eigenvalue weighted by Crippen LogP contribution is -2.22. The summed E-state index contributed by atoms with van der Waals surface area (Å²) < 4.78 is 0. The van der Waals surface area contributed by atoms with E-state index in [1.165, 1.54) is 57.1 Å². The van der Waals surface area contributed by atoms with Gasteiger partial charge in [-0.3, -0.25) is 0 Å². The van der Waals surface area contributed by atoms with Crippen molar-refractivity contribution in [1.29, 1.82) is 0 Å². The molecule has 104 valence electrons. The fourth-order valence-corrected chi connectivity index (χ4v) is 3.37. The van der Waals surface area contributed by atoms with Gasteiger partial charge in [-0.1, -0.05) is 18.9 Å². The summed E-state index contributed by atoms with van der Waals surface area (Å²) in [7, 11) is 0. The Balaban J connectivity index is 1.59. The van der Waals surface area contributed by atoms with E-state index in [0.717, 1.165) is 18.3 Å². The minimum Gasteiger partial charge on any atom is -0.367 e. The standard InChI is InChI=1S/C16H25N3/c1-2-7-15(6-1)19-16-13(5-3-12-18-16)9-10-14-8-4-11-17-14/h3,5,12,14-15,17H,1-2,4,6-11H2,(H,18,19)/t14-/m1/s1. The third-order valence-electron chi connectivity index (χ3n) is 4.51. The summed E-state index contributed by atoms with van der Waals surface area (Å²) in [5.41, 5.74) is 1.39. The Hall–Kier alpha value is -1.09. The lowest BCUT2D eigenvalue weighted by molar-refractivity contribution is 0.559. The molecule has 1 saturated heterocycles. The monoisotopic (exact) mass is 259 g/mol. The van der Waals surface area contributed by atoms with Crippen LogP contribution in [0.4, 0.5) is 5.82 Å². The fourth-order valence-electron chi connectivity index (χ4n) is 3.37. The molecule has 19 heavy (non-hydrogen) atoms. The van der Waals surface area contributed by atoms with Crippen molar-refractivity contribution in [1.82, 2.24) is 10.3 Å². The molecule has 0 unspecified atom stereocenters. The van der Waals surface area contributed by atoms with Crippen LogP contribution in [-0.4, -0.2) is 23.6 Å². The Morgan fingerprint density at radius 2 is 2.11 bits per heavy atom. The molecular formula is C16H25N3. The Bertz CT molecular complexity index is 393. The minimum atomic E-state index is 0.651. The Morgan fingerprint density at radius 3 is 2.89 bits per heavy atom. The fraction of sp³-hybridized carbons (Fsp3) is 0.688. The van der Waals surface area contributed by atoms with Gasteiger partial charge in [-0.25, -0.2) is 4.98 Å². The zero-order valence-electron chi connectivity index (χ0n) is 11.7. The molecule has 2 fully saturated rings.